The SMILES string of the molecule is Fc1ccc(-c2n[nH]c(C3CCNCC3)n2)c(F)c1. The minimum Gasteiger partial charge on any atom is -0.317 e. The Balaban J connectivity index is 1.87. The molecule has 0 amide bonds. The molecule has 2 N–H and O–H groups in total. The third kappa shape index (κ3) is 2.49. The first-order valence-electron chi connectivity index (χ1n) is 6.32. The highest BCUT2D eigenvalue weighted by molar-refractivity contribution is 5.55. The van der Waals surface area contributed by atoms with Gasteiger partial charge in [0.05, 0.1) is 5.56 Å². The molecule has 3 rings (SSSR count). The second kappa shape index (κ2) is 5.05. The van der Waals surface area contributed by atoms with Crippen molar-refractivity contribution in [1.29, 1.82) is 0 Å². The van der Waals surface area contributed by atoms with Crippen molar-refractivity contribution in [3.63, 3.8) is 0 Å². The quantitative estimate of drug-likeness (QED) is 0.874. The first-order valence-corrected chi connectivity index (χ1v) is 6.32. The van der Waals surface area contributed by atoms with Crippen molar-refractivity contribution in [3.05, 3.63) is 35.7 Å². The van der Waals surface area contributed by atoms with Gasteiger partial charge in [0.15, 0.2) is 5.82 Å². The highest BCUT2D eigenvalue weighted by atomic mass is 19.1. The average Bonchev–Trinajstić information content (AvgIpc) is 2.89. The van der Waals surface area contributed by atoms with E-state index >= 15 is 0 Å². The van der Waals surface area contributed by atoms with Crippen LogP contribution in [0, 0.1) is 11.6 Å². The lowest BCUT2D eigenvalue weighted by atomic mass is 9.98. The highest BCUT2D eigenvalue weighted by Crippen LogP contribution is 2.25. The first-order chi connectivity index (χ1) is 9.24. The van der Waals surface area contributed by atoms with Gasteiger partial charge in [-0.15, -0.1) is 0 Å². The van der Waals surface area contributed by atoms with Crippen molar-refractivity contribution in [3.8, 4) is 11.4 Å². The number of benzene rings is 1. The number of aromatic nitrogens is 3. The minimum atomic E-state index is -0.643. The minimum absolute atomic E-state index is 0.220. The van der Waals surface area contributed by atoms with Crippen LogP contribution >= 0.6 is 0 Å². The zero-order chi connectivity index (χ0) is 13.2. The Labute approximate surface area is 109 Å². The predicted octanol–water partition coefficient (Wildman–Crippen LogP) is 2.22. The summed E-state index contributed by atoms with van der Waals surface area (Å²) in [6.45, 7) is 1.90. The zero-order valence-electron chi connectivity index (χ0n) is 10.3. The van der Waals surface area contributed by atoms with Crippen LogP contribution in [0.1, 0.15) is 24.6 Å². The Morgan fingerprint density at radius 2 is 1.95 bits per heavy atom. The van der Waals surface area contributed by atoms with Gasteiger partial charge < -0.3 is 5.32 Å². The summed E-state index contributed by atoms with van der Waals surface area (Å²) in [4.78, 5) is 4.34. The molecule has 1 aliphatic rings. The Kier molecular flexibility index (Phi) is 3.25. The number of aromatic amines is 1. The van der Waals surface area contributed by atoms with Gasteiger partial charge in [0.1, 0.15) is 17.5 Å². The van der Waals surface area contributed by atoms with Gasteiger partial charge in [0.2, 0.25) is 0 Å². The lowest BCUT2D eigenvalue weighted by Crippen LogP contribution is -2.27. The summed E-state index contributed by atoms with van der Waals surface area (Å²) in [5, 5.41) is 10.2. The molecule has 1 fully saturated rings. The molecule has 19 heavy (non-hydrogen) atoms. The smallest absolute Gasteiger partial charge is 0.184 e. The Hall–Kier alpha value is -1.82. The number of rotatable bonds is 2. The molecule has 0 aliphatic carbocycles. The van der Waals surface area contributed by atoms with Gasteiger partial charge in [-0.3, -0.25) is 5.10 Å². The molecule has 0 unspecified atom stereocenters. The molecule has 0 bridgehead atoms. The summed E-state index contributed by atoms with van der Waals surface area (Å²) in [5.41, 5.74) is 0.220. The molecule has 6 heteroatoms. The Morgan fingerprint density at radius 1 is 1.16 bits per heavy atom. The number of H-pyrrole nitrogens is 1. The predicted molar refractivity (Wildman–Crippen MR) is 66.6 cm³/mol. The third-order valence-electron chi connectivity index (χ3n) is 3.40. The van der Waals surface area contributed by atoms with E-state index in [-0.39, 0.29) is 11.4 Å². The van der Waals surface area contributed by atoms with Crippen molar-refractivity contribution in [2.75, 3.05) is 13.1 Å². The normalized spacial score (nSPS) is 16.7. The molecule has 1 aliphatic heterocycles. The summed E-state index contributed by atoms with van der Waals surface area (Å²) in [7, 11) is 0. The van der Waals surface area contributed by atoms with Gasteiger partial charge in [-0.1, -0.05) is 0 Å². The van der Waals surface area contributed by atoms with Crippen LogP contribution < -0.4 is 5.32 Å². The standard InChI is InChI=1S/C13H14F2N4/c14-9-1-2-10(11(15)7-9)13-17-12(18-19-13)8-3-5-16-6-4-8/h1-2,7-8,16H,3-6H2,(H,17,18,19). The molecule has 4 nitrogen and oxygen atoms in total. The van der Waals surface area contributed by atoms with E-state index in [4.69, 9.17) is 0 Å². The lowest BCUT2D eigenvalue weighted by Gasteiger charge is -2.19. The molecule has 1 aromatic heterocycles. The molecule has 2 aromatic rings. The molecule has 1 saturated heterocycles. The van der Waals surface area contributed by atoms with Gasteiger partial charge in [0.25, 0.3) is 0 Å². The largest absolute Gasteiger partial charge is 0.317 e. The summed E-state index contributed by atoms with van der Waals surface area (Å²) >= 11 is 0. The molecule has 0 spiro atoms. The van der Waals surface area contributed by atoms with Crippen molar-refractivity contribution in [2.24, 2.45) is 0 Å². The number of piperidine rings is 1. The van der Waals surface area contributed by atoms with E-state index in [0.717, 1.165) is 37.8 Å². The van der Waals surface area contributed by atoms with Crippen molar-refractivity contribution in [1.82, 2.24) is 20.5 Å². The fourth-order valence-electron chi connectivity index (χ4n) is 2.34. The zero-order valence-corrected chi connectivity index (χ0v) is 10.3. The number of nitrogens with zero attached hydrogens (tertiary/aromatic N) is 2. The fourth-order valence-corrected chi connectivity index (χ4v) is 2.34. The summed E-state index contributed by atoms with van der Waals surface area (Å²) in [6.07, 6.45) is 1.97. The number of hydrogen-bond acceptors (Lipinski definition) is 3. The average molecular weight is 264 g/mol. The maximum absolute atomic E-state index is 13.6. The van der Waals surface area contributed by atoms with Crippen LogP contribution in [0.2, 0.25) is 0 Å². The van der Waals surface area contributed by atoms with Crippen LogP contribution in [0.5, 0.6) is 0 Å². The highest BCUT2D eigenvalue weighted by Gasteiger charge is 2.20. The molecule has 0 saturated carbocycles. The van der Waals surface area contributed by atoms with Crippen LogP contribution in [0.4, 0.5) is 8.78 Å². The third-order valence-corrected chi connectivity index (χ3v) is 3.40. The molecular formula is C13H14F2N4. The fraction of sp³-hybridized carbons (Fsp3) is 0.385. The Bertz CT molecular complexity index is 576. The summed E-state index contributed by atoms with van der Waals surface area (Å²) in [6, 6.07) is 3.41. The van der Waals surface area contributed by atoms with Gasteiger partial charge in [-0.2, -0.15) is 5.10 Å². The maximum Gasteiger partial charge on any atom is 0.184 e. The van der Waals surface area contributed by atoms with Crippen LogP contribution in [-0.4, -0.2) is 28.3 Å². The van der Waals surface area contributed by atoms with E-state index in [1.807, 2.05) is 0 Å². The number of nitrogens with one attached hydrogen (secondary N) is 2. The van der Waals surface area contributed by atoms with Gasteiger partial charge in [-0.25, -0.2) is 13.8 Å². The van der Waals surface area contributed by atoms with E-state index < -0.39 is 11.6 Å². The van der Waals surface area contributed by atoms with E-state index in [9.17, 15) is 8.78 Å². The Morgan fingerprint density at radius 3 is 2.68 bits per heavy atom. The van der Waals surface area contributed by atoms with Gasteiger partial charge in [-0.05, 0) is 38.1 Å². The van der Waals surface area contributed by atoms with Gasteiger partial charge >= 0.3 is 0 Å². The van der Waals surface area contributed by atoms with E-state index in [1.54, 1.807) is 0 Å². The molecular weight excluding hydrogens is 250 g/mol. The van der Waals surface area contributed by atoms with E-state index in [0.29, 0.717) is 5.92 Å². The van der Waals surface area contributed by atoms with Crippen LogP contribution in [0.25, 0.3) is 11.4 Å². The van der Waals surface area contributed by atoms with E-state index in [2.05, 4.69) is 20.5 Å². The second-order valence-corrected chi connectivity index (χ2v) is 4.69. The monoisotopic (exact) mass is 264 g/mol. The second-order valence-electron chi connectivity index (χ2n) is 4.69. The molecule has 2 heterocycles. The van der Waals surface area contributed by atoms with Crippen LogP contribution in [0.3, 0.4) is 0 Å². The lowest BCUT2D eigenvalue weighted by molar-refractivity contribution is 0.446. The summed E-state index contributed by atoms with van der Waals surface area (Å²) < 4.78 is 26.5. The topological polar surface area (TPSA) is 53.6 Å². The maximum atomic E-state index is 13.6. The number of halogens is 2. The van der Waals surface area contributed by atoms with Crippen LogP contribution in [-0.2, 0) is 0 Å². The molecule has 100 valence electrons. The van der Waals surface area contributed by atoms with Crippen molar-refractivity contribution in [2.45, 2.75) is 18.8 Å². The molecule has 1 aromatic carbocycles. The first kappa shape index (κ1) is 12.2. The van der Waals surface area contributed by atoms with Crippen LogP contribution in [0.15, 0.2) is 18.2 Å². The number of hydrogen-bond donors (Lipinski definition) is 2. The summed E-state index contributed by atoms with van der Waals surface area (Å²) in [5.74, 6) is 0.142. The van der Waals surface area contributed by atoms with Gasteiger partial charge in [0, 0.05) is 12.0 Å². The van der Waals surface area contributed by atoms with E-state index in [1.165, 1.54) is 12.1 Å². The molecule has 0 atom stereocenters. The molecule has 0 radical (unpaired) electrons. The van der Waals surface area contributed by atoms with Crippen molar-refractivity contribution < 1.29 is 8.78 Å². The van der Waals surface area contributed by atoms with Crippen molar-refractivity contribution >= 4 is 0 Å².